The van der Waals surface area contributed by atoms with Gasteiger partial charge in [0.25, 0.3) is 5.91 Å². The molecule has 5 heteroatoms. The second-order valence-corrected chi connectivity index (χ2v) is 7.36. The molecule has 2 aromatic rings. The number of benzene rings is 1. The number of phenolic OH excluding ortho intramolecular Hbond substituents is 1. The number of hydrogen-bond acceptors (Lipinski definition) is 3. The molecule has 1 aromatic heterocycles. The molecule has 4 nitrogen and oxygen atoms in total. The minimum Gasteiger partial charge on any atom is -0.506 e. The average molecular weight is 346 g/mol. The molecule has 1 amide bonds. The fourth-order valence-corrected chi connectivity index (χ4v) is 3.30. The molecule has 0 spiro atoms. The molecule has 2 aliphatic rings. The van der Waals surface area contributed by atoms with E-state index in [1.54, 1.807) is 6.07 Å². The lowest BCUT2D eigenvalue weighted by atomic mass is 10.2. The Bertz CT molecular complexity index is 781. The smallest absolute Gasteiger partial charge is 0.254 e. The Morgan fingerprint density at radius 2 is 2.08 bits per heavy atom. The number of carbonyl (C=O) groups excluding carboxylic acids is 1. The van der Waals surface area contributed by atoms with Gasteiger partial charge >= 0.3 is 0 Å². The quantitative estimate of drug-likeness (QED) is 0.863. The summed E-state index contributed by atoms with van der Waals surface area (Å²) in [6.45, 7) is 2.70. The van der Waals surface area contributed by atoms with Crippen molar-refractivity contribution in [3.05, 3.63) is 52.4 Å². The molecule has 24 heavy (non-hydrogen) atoms. The third kappa shape index (κ3) is 3.03. The molecule has 1 heterocycles. The van der Waals surface area contributed by atoms with E-state index in [4.69, 9.17) is 16.0 Å². The Kier molecular flexibility index (Phi) is 3.80. The Balaban J connectivity index is 1.52. The highest BCUT2D eigenvalue weighted by molar-refractivity contribution is 6.32. The number of nitrogens with zero attached hydrogens (tertiary/aromatic N) is 1. The van der Waals surface area contributed by atoms with Crippen LogP contribution in [0.2, 0.25) is 5.02 Å². The summed E-state index contributed by atoms with van der Waals surface area (Å²) in [6, 6.07) is 8.87. The van der Waals surface area contributed by atoms with Crippen LogP contribution >= 0.6 is 11.6 Å². The number of hydrogen-bond donors (Lipinski definition) is 1. The second kappa shape index (κ2) is 5.85. The number of aromatic hydroxyl groups is 1. The van der Waals surface area contributed by atoms with Crippen LogP contribution in [0.5, 0.6) is 5.75 Å². The minimum atomic E-state index is -0.0721. The van der Waals surface area contributed by atoms with Crippen molar-refractivity contribution in [2.24, 2.45) is 5.92 Å². The van der Waals surface area contributed by atoms with Gasteiger partial charge in [0.1, 0.15) is 17.3 Å². The van der Waals surface area contributed by atoms with E-state index in [0.717, 1.165) is 24.4 Å². The van der Waals surface area contributed by atoms with Crippen LogP contribution in [0.15, 0.2) is 34.7 Å². The fraction of sp³-hybridized carbons (Fsp3) is 0.421. The van der Waals surface area contributed by atoms with Gasteiger partial charge in [0.05, 0.1) is 11.6 Å². The largest absolute Gasteiger partial charge is 0.506 e. The van der Waals surface area contributed by atoms with Gasteiger partial charge in [-0.25, -0.2) is 0 Å². The monoisotopic (exact) mass is 345 g/mol. The third-order valence-electron chi connectivity index (χ3n) is 4.93. The Morgan fingerprint density at radius 1 is 1.33 bits per heavy atom. The molecular weight excluding hydrogens is 326 g/mol. The SMILES string of the molecule is C[C@H]1C[C@H]1c1ccc(CN(C(=O)c2ccc(O)c(Cl)c2)C2CC2)o1. The van der Waals surface area contributed by atoms with Crippen LogP contribution in [-0.2, 0) is 6.54 Å². The van der Waals surface area contributed by atoms with Gasteiger partial charge in [-0.15, -0.1) is 0 Å². The summed E-state index contributed by atoms with van der Waals surface area (Å²) >= 11 is 5.94. The first-order valence-electron chi connectivity index (χ1n) is 8.41. The number of carbonyl (C=O) groups is 1. The molecule has 2 saturated carbocycles. The molecule has 0 bridgehead atoms. The predicted octanol–water partition coefficient (Wildman–Crippen LogP) is 4.57. The highest BCUT2D eigenvalue weighted by Crippen LogP contribution is 2.47. The summed E-state index contributed by atoms with van der Waals surface area (Å²) in [5.41, 5.74) is 0.493. The third-order valence-corrected chi connectivity index (χ3v) is 5.23. The number of halogens is 1. The number of rotatable bonds is 5. The first-order valence-corrected chi connectivity index (χ1v) is 8.79. The Labute approximate surface area is 146 Å². The molecule has 2 fully saturated rings. The maximum absolute atomic E-state index is 12.8. The molecule has 0 saturated heterocycles. The Morgan fingerprint density at radius 3 is 2.71 bits per heavy atom. The molecule has 1 N–H and O–H groups in total. The lowest BCUT2D eigenvalue weighted by Crippen LogP contribution is -2.32. The van der Waals surface area contributed by atoms with Crippen LogP contribution in [-0.4, -0.2) is 22.0 Å². The van der Waals surface area contributed by atoms with Crippen LogP contribution in [0.4, 0.5) is 0 Å². The van der Waals surface area contributed by atoms with Crippen molar-refractivity contribution >= 4 is 17.5 Å². The fourth-order valence-electron chi connectivity index (χ4n) is 3.12. The summed E-state index contributed by atoms with van der Waals surface area (Å²) in [7, 11) is 0. The molecule has 1 aromatic carbocycles. The highest BCUT2D eigenvalue weighted by Gasteiger charge is 2.37. The van der Waals surface area contributed by atoms with Crippen LogP contribution in [0.25, 0.3) is 0 Å². The molecule has 0 aliphatic heterocycles. The maximum Gasteiger partial charge on any atom is 0.254 e. The molecule has 0 unspecified atom stereocenters. The first-order chi connectivity index (χ1) is 11.5. The van der Waals surface area contributed by atoms with Gasteiger partial charge in [0.15, 0.2) is 0 Å². The Hall–Kier alpha value is -1.94. The molecule has 126 valence electrons. The van der Waals surface area contributed by atoms with Gasteiger partial charge in [-0.05, 0) is 55.5 Å². The summed E-state index contributed by atoms with van der Waals surface area (Å²) in [5, 5.41) is 9.73. The van der Waals surface area contributed by atoms with Crippen LogP contribution < -0.4 is 0 Å². The van der Waals surface area contributed by atoms with E-state index < -0.39 is 0 Å². The van der Waals surface area contributed by atoms with E-state index in [1.807, 2.05) is 17.0 Å². The highest BCUT2D eigenvalue weighted by atomic mass is 35.5. The van der Waals surface area contributed by atoms with Crippen molar-refractivity contribution in [1.82, 2.24) is 4.90 Å². The zero-order chi connectivity index (χ0) is 16.8. The van der Waals surface area contributed by atoms with E-state index in [-0.39, 0.29) is 22.7 Å². The number of amides is 1. The van der Waals surface area contributed by atoms with Crippen molar-refractivity contribution in [2.45, 2.75) is 44.7 Å². The molecule has 2 atom stereocenters. The van der Waals surface area contributed by atoms with Crippen LogP contribution in [0, 0.1) is 5.92 Å². The van der Waals surface area contributed by atoms with Crippen molar-refractivity contribution < 1.29 is 14.3 Å². The molecule has 0 radical (unpaired) electrons. The number of furan rings is 1. The minimum absolute atomic E-state index is 0.0135. The van der Waals surface area contributed by atoms with Crippen molar-refractivity contribution in [1.29, 1.82) is 0 Å². The topological polar surface area (TPSA) is 53.7 Å². The van der Waals surface area contributed by atoms with E-state index in [0.29, 0.717) is 23.9 Å². The van der Waals surface area contributed by atoms with E-state index in [9.17, 15) is 9.90 Å². The molecule has 2 aliphatic carbocycles. The summed E-state index contributed by atoms with van der Waals surface area (Å²) in [5.74, 6) is 3.02. The normalized spacial score (nSPS) is 22.4. The first kappa shape index (κ1) is 15.6. The van der Waals surface area contributed by atoms with Gasteiger partial charge in [-0.1, -0.05) is 18.5 Å². The second-order valence-electron chi connectivity index (χ2n) is 6.95. The predicted molar refractivity (Wildman–Crippen MR) is 91.2 cm³/mol. The number of phenols is 1. The lowest BCUT2D eigenvalue weighted by Gasteiger charge is -2.21. The van der Waals surface area contributed by atoms with E-state index in [1.165, 1.54) is 18.6 Å². The van der Waals surface area contributed by atoms with E-state index in [2.05, 4.69) is 6.92 Å². The zero-order valence-electron chi connectivity index (χ0n) is 13.5. The van der Waals surface area contributed by atoms with Gasteiger partial charge in [-0.3, -0.25) is 4.79 Å². The zero-order valence-corrected chi connectivity index (χ0v) is 14.3. The van der Waals surface area contributed by atoms with Gasteiger partial charge < -0.3 is 14.4 Å². The summed E-state index contributed by atoms with van der Waals surface area (Å²) in [4.78, 5) is 14.7. The molecule has 4 rings (SSSR count). The molecular formula is C19H20ClNO3. The summed E-state index contributed by atoms with van der Waals surface area (Å²) < 4.78 is 5.96. The van der Waals surface area contributed by atoms with Crippen LogP contribution in [0.3, 0.4) is 0 Å². The van der Waals surface area contributed by atoms with Crippen molar-refractivity contribution in [3.8, 4) is 5.75 Å². The van der Waals surface area contributed by atoms with E-state index >= 15 is 0 Å². The van der Waals surface area contributed by atoms with Gasteiger partial charge in [0.2, 0.25) is 0 Å². The van der Waals surface area contributed by atoms with Crippen LogP contribution in [0.1, 0.15) is 54.0 Å². The standard InChI is InChI=1S/C19H20ClNO3/c1-11-8-15(11)18-7-5-14(24-18)10-21(13-3-4-13)19(23)12-2-6-17(22)16(20)9-12/h2,5-7,9,11,13,15,22H,3-4,8,10H2,1H3/t11-,15+/m0/s1. The van der Waals surface area contributed by atoms with Gasteiger partial charge in [-0.2, -0.15) is 0 Å². The van der Waals surface area contributed by atoms with Crippen molar-refractivity contribution in [2.75, 3.05) is 0 Å². The average Bonchev–Trinajstić information content (AvgIpc) is 3.48. The van der Waals surface area contributed by atoms with Crippen molar-refractivity contribution in [3.63, 3.8) is 0 Å². The lowest BCUT2D eigenvalue weighted by molar-refractivity contribution is 0.0716. The maximum atomic E-state index is 12.8. The van der Waals surface area contributed by atoms with Gasteiger partial charge in [0, 0.05) is 17.5 Å². The summed E-state index contributed by atoms with van der Waals surface area (Å²) in [6.07, 6.45) is 3.22.